The molecule has 3 aliphatic rings. The van der Waals surface area contributed by atoms with Crippen molar-refractivity contribution in [2.75, 3.05) is 32.2 Å². The molecule has 8 heteroatoms. The zero-order chi connectivity index (χ0) is 22.0. The minimum atomic E-state index is -0.918. The van der Waals surface area contributed by atoms with Crippen LogP contribution in [0.2, 0.25) is 0 Å². The molecule has 3 aromatic rings. The number of para-hydroxylation sites is 1. The van der Waals surface area contributed by atoms with Crippen molar-refractivity contribution in [2.24, 2.45) is 0 Å². The fourth-order valence-corrected chi connectivity index (χ4v) is 4.85. The quantitative estimate of drug-likeness (QED) is 0.634. The van der Waals surface area contributed by atoms with Crippen molar-refractivity contribution < 1.29 is 23.5 Å². The topological polar surface area (TPSA) is 85.1 Å². The first-order valence-corrected chi connectivity index (χ1v) is 10.5. The molecule has 162 valence electrons. The van der Waals surface area contributed by atoms with Crippen molar-refractivity contribution in [1.29, 1.82) is 0 Å². The second kappa shape index (κ2) is 6.59. The largest absolute Gasteiger partial charge is 0.493 e. The lowest BCUT2D eigenvalue weighted by molar-refractivity contribution is -0.122. The number of aromatic nitrogens is 1. The molecule has 0 radical (unpaired) electrons. The molecule has 4 heterocycles. The number of anilines is 1. The maximum atomic E-state index is 14.0. The summed E-state index contributed by atoms with van der Waals surface area (Å²) in [5.74, 6) is 1.48. The van der Waals surface area contributed by atoms with Gasteiger partial charge in [-0.05, 0) is 23.3 Å². The molecular formula is C24H21N3O5. The predicted octanol–water partition coefficient (Wildman–Crippen LogP) is 2.54. The van der Waals surface area contributed by atoms with Gasteiger partial charge in [-0.15, -0.1) is 0 Å². The molecule has 32 heavy (non-hydrogen) atoms. The van der Waals surface area contributed by atoms with Crippen LogP contribution >= 0.6 is 0 Å². The molecule has 0 saturated heterocycles. The molecule has 1 aromatic heterocycles. The fraction of sp³-hybridized carbons (Fsp3) is 0.292. The zero-order valence-electron chi connectivity index (χ0n) is 17.8. The third-order valence-electron chi connectivity index (χ3n) is 6.43. The maximum Gasteiger partial charge on any atom is 0.275 e. The van der Waals surface area contributed by atoms with Gasteiger partial charge in [0.05, 0.1) is 6.61 Å². The molecule has 6 rings (SSSR count). The van der Waals surface area contributed by atoms with Gasteiger partial charge in [-0.3, -0.25) is 9.59 Å². The Hall–Kier alpha value is -3.81. The SMILES string of the molecule is CN(C)C(=O)c1coc(CN2C(=O)C3(COc4cc5c(cc43)CCO5)c3ccccc32)n1. The van der Waals surface area contributed by atoms with Gasteiger partial charge in [-0.1, -0.05) is 18.2 Å². The van der Waals surface area contributed by atoms with Crippen LogP contribution in [0, 0.1) is 0 Å². The van der Waals surface area contributed by atoms with Crippen LogP contribution in [0.25, 0.3) is 0 Å². The van der Waals surface area contributed by atoms with E-state index in [9.17, 15) is 9.59 Å². The van der Waals surface area contributed by atoms with Gasteiger partial charge in [0.1, 0.15) is 36.3 Å². The summed E-state index contributed by atoms with van der Waals surface area (Å²) in [6.07, 6.45) is 2.15. The Morgan fingerprint density at radius 3 is 2.84 bits per heavy atom. The van der Waals surface area contributed by atoms with E-state index in [0.717, 1.165) is 34.5 Å². The number of rotatable bonds is 3. The monoisotopic (exact) mass is 431 g/mol. The highest BCUT2D eigenvalue weighted by Crippen LogP contribution is 2.54. The van der Waals surface area contributed by atoms with Crippen LogP contribution in [0.3, 0.4) is 0 Å². The van der Waals surface area contributed by atoms with Crippen molar-refractivity contribution >= 4 is 17.5 Å². The minimum Gasteiger partial charge on any atom is -0.493 e. The Balaban J connectivity index is 1.42. The zero-order valence-corrected chi connectivity index (χ0v) is 17.8. The molecule has 0 fully saturated rings. The van der Waals surface area contributed by atoms with Gasteiger partial charge in [0.25, 0.3) is 5.91 Å². The second-order valence-electron chi connectivity index (χ2n) is 8.48. The molecule has 0 aliphatic carbocycles. The summed E-state index contributed by atoms with van der Waals surface area (Å²) in [6.45, 7) is 0.995. The molecule has 1 atom stereocenters. The summed E-state index contributed by atoms with van der Waals surface area (Å²) in [7, 11) is 3.31. The Bertz CT molecular complexity index is 1280. The number of benzene rings is 2. The van der Waals surface area contributed by atoms with Crippen molar-refractivity contribution in [2.45, 2.75) is 18.4 Å². The summed E-state index contributed by atoms with van der Waals surface area (Å²) < 4.78 is 17.3. The van der Waals surface area contributed by atoms with Crippen LogP contribution in [0.4, 0.5) is 5.69 Å². The number of carbonyl (C=O) groups is 2. The lowest BCUT2D eigenvalue weighted by atomic mass is 9.76. The van der Waals surface area contributed by atoms with E-state index >= 15 is 0 Å². The predicted molar refractivity (Wildman–Crippen MR) is 114 cm³/mol. The Morgan fingerprint density at radius 2 is 2.00 bits per heavy atom. The maximum absolute atomic E-state index is 14.0. The third-order valence-corrected chi connectivity index (χ3v) is 6.43. The number of amides is 2. The van der Waals surface area contributed by atoms with Crippen LogP contribution in [0.1, 0.15) is 33.1 Å². The molecule has 1 spiro atoms. The minimum absolute atomic E-state index is 0.0880. The van der Waals surface area contributed by atoms with E-state index in [1.807, 2.05) is 30.3 Å². The van der Waals surface area contributed by atoms with Crippen LogP contribution in [0.15, 0.2) is 47.1 Å². The first kappa shape index (κ1) is 18.9. The fourth-order valence-electron chi connectivity index (χ4n) is 4.85. The van der Waals surface area contributed by atoms with Gasteiger partial charge in [0, 0.05) is 37.8 Å². The van der Waals surface area contributed by atoms with Gasteiger partial charge < -0.3 is 23.7 Å². The number of fused-ring (bicyclic) bond motifs is 5. The van der Waals surface area contributed by atoms with E-state index < -0.39 is 5.41 Å². The molecule has 0 bridgehead atoms. The lowest BCUT2D eigenvalue weighted by Crippen LogP contribution is -2.42. The molecule has 0 N–H and O–H groups in total. The van der Waals surface area contributed by atoms with Crippen molar-refractivity contribution in [3.63, 3.8) is 0 Å². The second-order valence-corrected chi connectivity index (χ2v) is 8.48. The molecule has 1 unspecified atom stereocenters. The molecule has 2 aromatic carbocycles. The smallest absolute Gasteiger partial charge is 0.275 e. The van der Waals surface area contributed by atoms with E-state index in [-0.39, 0.29) is 30.7 Å². The first-order chi connectivity index (χ1) is 15.5. The number of hydrogen-bond donors (Lipinski definition) is 0. The van der Waals surface area contributed by atoms with Gasteiger partial charge in [0.15, 0.2) is 5.69 Å². The van der Waals surface area contributed by atoms with E-state index in [4.69, 9.17) is 13.9 Å². The van der Waals surface area contributed by atoms with Crippen LogP contribution < -0.4 is 14.4 Å². The van der Waals surface area contributed by atoms with E-state index in [1.54, 1.807) is 19.0 Å². The normalized spacial score (nSPS) is 20.1. The summed E-state index contributed by atoms with van der Waals surface area (Å²) in [5, 5.41) is 0. The third kappa shape index (κ3) is 2.46. The van der Waals surface area contributed by atoms with E-state index in [0.29, 0.717) is 18.2 Å². The molecule has 2 amide bonds. The molecular weight excluding hydrogens is 410 g/mol. The van der Waals surface area contributed by atoms with Gasteiger partial charge in [0.2, 0.25) is 11.8 Å². The van der Waals surface area contributed by atoms with Crippen molar-refractivity contribution in [3.8, 4) is 11.5 Å². The van der Waals surface area contributed by atoms with Crippen LogP contribution in [-0.4, -0.2) is 49.0 Å². The summed E-state index contributed by atoms with van der Waals surface area (Å²) in [4.78, 5) is 33.6. The van der Waals surface area contributed by atoms with E-state index in [1.165, 1.54) is 11.2 Å². The highest BCUT2D eigenvalue weighted by molar-refractivity contribution is 6.11. The average Bonchev–Trinajstić information content (AvgIpc) is 3.56. The number of oxazole rings is 1. The lowest BCUT2D eigenvalue weighted by Gasteiger charge is -2.22. The molecule has 0 saturated carbocycles. The molecule has 8 nitrogen and oxygen atoms in total. The van der Waals surface area contributed by atoms with E-state index in [2.05, 4.69) is 11.1 Å². The van der Waals surface area contributed by atoms with Gasteiger partial charge >= 0.3 is 0 Å². The van der Waals surface area contributed by atoms with Crippen LogP contribution in [-0.2, 0) is 23.2 Å². The number of hydrogen-bond acceptors (Lipinski definition) is 6. The summed E-state index contributed by atoms with van der Waals surface area (Å²) in [6, 6.07) is 11.7. The van der Waals surface area contributed by atoms with Crippen LogP contribution in [0.5, 0.6) is 11.5 Å². The standard InChI is InChI=1S/C24H21N3O5/c1-26(2)22(28)17-12-31-21(25-17)11-27-18-6-4-3-5-15(18)24(23(27)29)13-32-20-10-19-14(7-8-30-19)9-16(20)24/h3-6,9-10,12H,7-8,11,13H2,1-2H3. The average molecular weight is 431 g/mol. The molecule has 3 aliphatic heterocycles. The number of ether oxygens (including phenoxy) is 2. The first-order valence-electron chi connectivity index (χ1n) is 10.5. The number of carbonyl (C=O) groups excluding carboxylic acids is 2. The highest BCUT2D eigenvalue weighted by atomic mass is 16.5. The van der Waals surface area contributed by atoms with Gasteiger partial charge in [-0.2, -0.15) is 0 Å². The summed E-state index contributed by atoms with van der Waals surface area (Å²) >= 11 is 0. The van der Waals surface area contributed by atoms with Gasteiger partial charge in [-0.25, -0.2) is 4.98 Å². The van der Waals surface area contributed by atoms with Crippen molar-refractivity contribution in [1.82, 2.24) is 9.88 Å². The van der Waals surface area contributed by atoms with Crippen molar-refractivity contribution in [3.05, 3.63) is 70.9 Å². The Kier molecular flexibility index (Phi) is 3.90. The summed E-state index contributed by atoms with van der Waals surface area (Å²) in [5.41, 5.74) is 2.96. The Morgan fingerprint density at radius 1 is 1.16 bits per heavy atom. The Labute approximate surface area is 184 Å². The highest BCUT2D eigenvalue weighted by Gasteiger charge is 2.57. The number of nitrogens with zero attached hydrogens (tertiary/aromatic N) is 3.